The van der Waals surface area contributed by atoms with E-state index < -0.39 is 0 Å². The van der Waals surface area contributed by atoms with Crippen LogP contribution in [0.15, 0.2) is 24.8 Å². The van der Waals surface area contributed by atoms with Crippen LogP contribution in [0.5, 0.6) is 0 Å². The van der Waals surface area contributed by atoms with Crippen molar-refractivity contribution in [3.8, 4) is 0 Å². The number of hydrogen-bond acceptors (Lipinski definition) is 5. The Morgan fingerprint density at radius 2 is 2.20 bits per heavy atom. The number of nitrogen functional groups attached to an aromatic ring is 1. The molecule has 0 spiro atoms. The van der Waals surface area contributed by atoms with Crippen molar-refractivity contribution >= 4 is 11.6 Å². The molecule has 4 N–H and O–H groups in total. The van der Waals surface area contributed by atoms with E-state index in [1.54, 1.807) is 18.6 Å². The van der Waals surface area contributed by atoms with E-state index in [1.807, 2.05) is 6.92 Å². The first kappa shape index (κ1) is 9.45. The normalized spacial score (nSPS) is 12.3. The van der Waals surface area contributed by atoms with E-state index in [0.29, 0.717) is 11.6 Å². The topological polar surface area (TPSA) is 92.5 Å². The average molecular weight is 204 g/mol. The summed E-state index contributed by atoms with van der Waals surface area (Å²) < 4.78 is 0. The van der Waals surface area contributed by atoms with Crippen LogP contribution < -0.4 is 11.1 Å². The van der Waals surface area contributed by atoms with Crippen LogP contribution in [0.4, 0.5) is 11.6 Å². The van der Waals surface area contributed by atoms with Crippen molar-refractivity contribution in [3.63, 3.8) is 0 Å². The quantitative estimate of drug-likeness (QED) is 0.692. The molecule has 0 saturated carbocycles. The Hall–Kier alpha value is -2.11. The van der Waals surface area contributed by atoms with Crippen LogP contribution in [-0.2, 0) is 0 Å². The van der Waals surface area contributed by atoms with Gasteiger partial charge in [0.25, 0.3) is 0 Å². The fourth-order valence-corrected chi connectivity index (χ4v) is 1.22. The zero-order chi connectivity index (χ0) is 10.7. The Morgan fingerprint density at radius 1 is 1.33 bits per heavy atom. The SMILES string of the molecule is CC(Nc1cnc(N)cn1)c1ncc[nH]1. The molecule has 0 amide bonds. The maximum atomic E-state index is 5.43. The molecule has 0 fully saturated rings. The lowest BCUT2D eigenvalue weighted by atomic mass is 10.3. The highest BCUT2D eigenvalue weighted by molar-refractivity contribution is 5.37. The largest absolute Gasteiger partial charge is 0.382 e. The highest BCUT2D eigenvalue weighted by atomic mass is 15.1. The Balaban J connectivity index is 2.06. The third-order valence-corrected chi connectivity index (χ3v) is 1.97. The van der Waals surface area contributed by atoms with E-state index in [4.69, 9.17) is 5.73 Å². The van der Waals surface area contributed by atoms with Gasteiger partial charge in [-0.05, 0) is 6.92 Å². The molecule has 15 heavy (non-hydrogen) atoms. The molecule has 0 saturated heterocycles. The van der Waals surface area contributed by atoms with Crippen LogP contribution in [-0.4, -0.2) is 19.9 Å². The summed E-state index contributed by atoms with van der Waals surface area (Å²) in [5.41, 5.74) is 5.43. The van der Waals surface area contributed by atoms with Crippen molar-refractivity contribution in [2.75, 3.05) is 11.1 Å². The Labute approximate surface area is 87.0 Å². The Kier molecular flexibility index (Phi) is 2.49. The third kappa shape index (κ3) is 2.22. The van der Waals surface area contributed by atoms with Gasteiger partial charge >= 0.3 is 0 Å². The average Bonchev–Trinajstić information content (AvgIpc) is 2.74. The van der Waals surface area contributed by atoms with Crippen molar-refractivity contribution in [2.24, 2.45) is 0 Å². The van der Waals surface area contributed by atoms with Gasteiger partial charge in [-0.2, -0.15) is 0 Å². The van der Waals surface area contributed by atoms with Gasteiger partial charge in [0.15, 0.2) is 0 Å². The summed E-state index contributed by atoms with van der Waals surface area (Å²) in [5.74, 6) is 1.94. The number of nitrogens with two attached hydrogens (primary N) is 1. The first-order chi connectivity index (χ1) is 7.25. The smallest absolute Gasteiger partial charge is 0.145 e. The molecular formula is C9H12N6. The van der Waals surface area contributed by atoms with Crippen LogP contribution in [0.2, 0.25) is 0 Å². The maximum Gasteiger partial charge on any atom is 0.145 e. The molecule has 1 unspecified atom stereocenters. The number of aromatic amines is 1. The van der Waals surface area contributed by atoms with E-state index in [1.165, 1.54) is 6.20 Å². The second-order valence-electron chi connectivity index (χ2n) is 3.17. The van der Waals surface area contributed by atoms with E-state index in [-0.39, 0.29) is 6.04 Å². The molecule has 2 heterocycles. The lowest BCUT2D eigenvalue weighted by Crippen LogP contribution is -2.09. The van der Waals surface area contributed by atoms with Crippen molar-refractivity contribution in [2.45, 2.75) is 13.0 Å². The van der Waals surface area contributed by atoms with Gasteiger partial charge in [0.05, 0.1) is 18.4 Å². The number of H-pyrrole nitrogens is 1. The first-order valence-electron chi connectivity index (χ1n) is 4.59. The molecule has 2 aromatic rings. The second kappa shape index (κ2) is 3.95. The van der Waals surface area contributed by atoms with Gasteiger partial charge in [-0.25, -0.2) is 15.0 Å². The first-order valence-corrected chi connectivity index (χ1v) is 4.59. The van der Waals surface area contributed by atoms with Crippen molar-refractivity contribution in [3.05, 3.63) is 30.6 Å². The van der Waals surface area contributed by atoms with E-state index >= 15 is 0 Å². The standard InChI is InChI=1S/C9H12N6/c1-6(9-11-2-3-12-9)15-8-5-13-7(10)4-14-8/h2-6H,1H3,(H2,10,13)(H,11,12)(H,14,15). The molecule has 2 rings (SSSR count). The van der Waals surface area contributed by atoms with Gasteiger partial charge in [0, 0.05) is 12.4 Å². The predicted molar refractivity (Wildman–Crippen MR) is 57.1 cm³/mol. The summed E-state index contributed by atoms with van der Waals surface area (Å²) in [6, 6.07) is 0.0536. The molecule has 6 heteroatoms. The van der Waals surface area contributed by atoms with E-state index in [2.05, 4.69) is 25.3 Å². The summed E-state index contributed by atoms with van der Waals surface area (Å²) in [5, 5.41) is 3.15. The zero-order valence-electron chi connectivity index (χ0n) is 8.31. The monoisotopic (exact) mass is 204 g/mol. The van der Waals surface area contributed by atoms with E-state index in [0.717, 1.165) is 5.82 Å². The van der Waals surface area contributed by atoms with Crippen LogP contribution in [0.1, 0.15) is 18.8 Å². The molecule has 6 nitrogen and oxygen atoms in total. The fourth-order valence-electron chi connectivity index (χ4n) is 1.22. The van der Waals surface area contributed by atoms with Gasteiger partial charge in [0.2, 0.25) is 0 Å². The summed E-state index contributed by atoms with van der Waals surface area (Å²) in [7, 11) is 0. The van der Waals surface area contributed by atoms with Crippen LogP contribution in [0.3, 0.4) is 0 Å². The lowest BCUT2D eigenvalue weighted by Gasteiger charge is -2.11. The number of aromatic nitrogens is 4. The molecule has 0 bridgehead atoms. The van der Waals surface area contributed by atoms with Crippen molar-refractivity contribution in [1.29, 1.82) is 0 Å². The highest BCUT2D eigenvalue weighted by Crippen LogP contribution is 2.13. The molecule has 0 aliphatic rings. The highest BCUT2D eigenvalue weighted by Gasteiger charge is 2.07. The van der Waals surface area contributed by atoms with Crippen LogP contribution >= 0.6 is 0 Å². The summed E-state index contributed by atoms with van der Waals surface area (Å²) >= 11 is 0. The predicted octanol–water partition coefficient (Wildman–Crippen LogP) is 0.955. The summed E-state index contributed by atoms with van der Waals surface area (Å²) in [4.78, 5) is 15.2. The van der Waals surface area contributed by atoms with Crippen LogP contribution in [0, 0.1) is 0 Å². The molecule has 1 atom stereocenters. The van der Waals surface area contributed by atoms with Gasteiger partial charge in [-0.1, -0.05) is 0 Å². The molecule has 0 aliphatic carbocycles. The summed E-state index contributed by atoms with van der Waals surface area (Å²) in [6.45, 7) is 1.98. The van der Waals surface area contributed by atoms with Gasteiger partial charge in [-0.15, -0.1) is 0 Å². The number of imidazole rings is 1. The van der Waals surface area contributed by atoms with Gasteiger partial charge < -0.3 is 16.0 Å². The van der Waals surface area contributed by atoms with Crippen LogP contribution in [0.25, 0.3) is 0 Å². The molecule has 78 valence electrons. The number of nitrogens with one attached hydrogen (secondary N) is 2. The van der Waals surface area contributed by atoms with Gasteiger partial charge in [-0.3, -0.25) is 0 Å². The number of nitrogens with zero attached hydrogens (tertiary/aromatic N) is 3. The number of hydrogen-bond donors (Lipinski definition) is 3. The maximum absolute atomic E-state index is 5.43. The molecule has 0 aliphatic heterocycles. The third-order valence-electron chi connectivity index (χ3n) is 1.97. The number of rotatable bonds is 3. The van der Waals surface area contributed by atoms with E-state index in [9.17, 15) is 0 Å². The van der Waals surface area contributed by atoms with Gasteiger partial charge in [0.1, 0.15) is 17.5 Å². The minimum absolute atomic E-state index is 0.0536. The molecule has 0 radical (unpaired) electrons. The minimum Gasteiger partial charge on any atom is -0.382 e. The lowest BCUT2D eigenvalue weighted by molar-refractivity contribution is 0.802. The second-order valence-corrected chi connectivity index (χ2v) is 3.17. The summed E-state index contributed by atoms with van der Waals surface area (Å²) in [6.07, 6.45) is 6.59. The Bertz CT molecular complexity index is 407. The number of anilines is 2. The molecule has 0 aromatic carbocycles. The zero-order valence-corrected chi connectivity index (χ0v) is 8.31. The minimum atomic E-state index is 0.0536. The fraction of sp³-hybridized carbons (Fsp3) is 0.222. The molecular weight excluding hydrogens is 192 g/mol. The Morgan fingerprint density at radius 3 is 2.80 bits per heavy atom. The van der Waals surface area contributed by atoms with Crippen molar-refractivity contribution in [1.82, 2.24) is 19.9 Å². The van der Waals surface area contributed by atoms with Crippen molar-refractivity contribution < 1.29 is 0 Å². The molecule has 2 aromatic heterocycles.